The predicted octanol–water partition coefficient (Wildman–Crippen LogP) is 1.41. The molecule has 3 rings (SSSR count). The second kappa shape index (κ2) is 5.29. The first-order valence-electron chi connectivity index (χ1n) is 5.73. The minimum atomic E-state index is -1.29. The van der Waals surface area contributed by atoms with Crippen molar-refractivity contribution >= 4 is 28.8 Å². The lowest BCUT2D eigenvalue weighted by Crippen LogP contribution is -2.37. The molecule has 0 saturated carbocycles. The largest absolute Gasteiger partial charge is 0.422 e. The fourth-order valence-corrected chi connectivity index (χ4v) is 1.89. The second-order valence-corrected chi connectivity index (χ2v) is 4.45. The van der Waals surface area contributed by atoms with Crippen LogP contribution in [-0.4, -0.2) is 32.7 Å². The molecule has 0 fully saturated rings. The highest BCUT2D eigenvalue weighted by Crippen LogP contribution is 2.19. The van der Waals surface area contributed by atoms with Gasteiger partial charge in [-0.2, -0.15) is 5.10 Å². The van der Waals surface area contributed by atoms with Gasteiger partial charge in [-0.05, 0) is 24.3 Å². The lowest BCUT2D eigenvalue weighted by molar-refractivity contribution is -0.484. The van der Waals surface area contributed by atoms with Crippen LogP contribution in [0.4, 0.5) is 5.69 Å². The predicted molar refractivity (Wildman–Crippen MR) is 73.3 cm³/mol. The van der Waals surface area contributed by atoms with Gasteiger partial charge in [-0.25, -0.2) is 4.99 Å². The van der Waals surface area contributed by atoms with Crippen molar-refractivity contribution in [3.05, 3.63) is 51.7 Å². The summed E-state index contributed by atoms with van der Waals surface area (Å²) in [6.07, 6.45) is 1.07. The van der Waals surface area contributed by atoms with Crippen molar-refractivity contribution in [3.8, 4) is 0 Å². The number of nitro groups is 1. The van der Waals surface area contributed by atoms with Crippen LogP contribution in [0.2, 0.25) is 5.02 Å². The number of amidine groups is 1. The standard InChI is InChI=1S/C11H7ClN6O3/c12-6-1-3-7(4-2-6)14-10-9(18(19)20)8(15-16-10)11-17-13-5-21-11/h1-5,9H,(H,14,16). The quantitative estimate of drug-likeness (QED) is 0.676. The van der Waals surface area contributed by atoms with Crippen molar-refractivity contribution in [2.24, 2.45) is 10.1 Å². The molecule has 0 bridgehead atoms. The molecule has 1 aromatic carbocycles. The van der Waals surface area contributed by atoms with Gasteiger partial charge in [-0.3, -0.25) is 15.5 Å². The number of hydrazone groups is 1. The Hall–Kier alpha value is -2.81. The minimum absolute atomic E-state index is 0.0187. The molecular weight excluding hydrogens is 300 g/mol. The molecule has 1 aliphatic rings. The van der Waals surface area contributed by atoms with E-state index in [4.69, 9.17) is 16.0 Å². The number of hydrogen-bond acceptors (Lipinski definition) is 7. The van der Waals surface area contributed by atoms with E-state index in [0.29, 0.717) is 10.7 Å². The Morgan fingerprint density at radius 2 is 2.14 bits per heavy atom. The maximum atomic E-state index is 11.3. The van der Waals surface area contributed by atoms with Crippen molar-refractivity contribution in [1.82, 2.24) is 15.6 Å². The van der Waals surface area contributed by atoms with Gasteiger partial charge in [0, 0.05) is 9.95 Å². The summed E-state index contributed by atoms with van der Waals surface area (Å²) in [6.45, 7) is 0. The molecule has 1 aromatic heterocycles. The van der Waals surface area contributed by atoms with E-state index >= 15 is 0 Å². The molecule has 0 spiro atoms. The molecule has 0 aliphatic carbocycles. The van der Waals surface area contributed by atoms with Gasteiger partial charge >= 0.3 is 6.04 Å². The Kier molecular flexibility index (Phi) is 3.32. The fraction of sp³-hybridized carbons (Fsp3) is 0.0909. The van der Waals surface area contributed by atoms with Crippen LogP contribution in [0, 0.1) is 10.1 Å². The maximum Gasteiger partial charge on any atom is 0.319 e. The molecule has 10 heteroatoms. The second-order valence-electron chi connectivity index (χ2n) is 4.01. The molecule has 0 radical (unpaired) electrons. The van der Waals surface area contributed by atoms with Gasteiger partial charge in [0.05, 0.1) is 5.69 Å². The summed E-state index contributed by atoms with van der Waals surface area (Å²) < 4.78 is 4.94. The smallest absolute Gasteiger partial charge is 0.319 e. The lowest BCUT2D eigenvalue weighted by Gasteiger charge is -2.03. The van der Waals surface area contributed by atoms with Gasteiger partial charge in [0.25, 0.3) is 5.89 Å². The van der Waals surface area contributed by atoms with E-state index in [1.54, 1.807) is 24.3 Å². The minimum Gasteiger partial charge on any atom is -0.422 e. The molecule has 0 amide bonds. The summed E-state index contributed by atoms with van der Waals surface area (Å²) in [5, 5.41) is 22.7. The normalized spacial score (nSPS) is 19.4. The van der Waals surface area contributed by atoms with Crippen molar-refractivity contribution < 1.29 is 9.34 Å². The Bertz CT molecular complexity index is 725. The van der Waals surface area contributed by atoms with Crippen LogP contribution in [0.5, 0.6) is 0 Å². The topological polar surface area (TPSA) is 119 Å². The lowest BCUT2D eigenvalue weighted by atomic mass is 10.2. The number of halogens is 1. The van der Waals surface area contributed by atoms with Crippen LogP contribution in [0.25, 0.3) is 0 Å². The molecule has 1 atom stereocenters. The zero-order valence-electron chi connectivity index (χ0n) is 10.3. The number of aliphatic imine (C=N–C) groups is 1. The molecule has 2 heterocycles. The first kappa shape index (κ1) is 13.2. The summed E-state index contributed by atoms with van der Waals surface area (Å²) in [4.78, 5) is 14.9. The van der Waals surface area contributed by atoms with E-state index in [2.05, 4.69) is 25.7 Å². The molecule has 1 N–H and O–H groups in total. The third kappa shape index (κ3) is 2.58. The van der Waals surface area contributed by atoms with E-state index in [1.165, 1.54) is 0 Å². The monoisotopic (exact) mass is 306 g/mol. The van der Waals surface area contributed by atoms with E-state index in [-0.39, 0.29) is 17.4 Å². The molecule has 21 heavy (non-hydrogen) atoms. The number of nitrogens with zero attached hydrogens (tertiary/aromatic N) is 5. The SMILES string of the molecule is O=[N+]([O-])C1C(=Nc2ccc(Cl)cc2)NN=C1c1nnco1. The third-order valence-corrected chi connectivity index (χ3v) is 2.93. The third-order valence-electron chi connectivity index (χ3n) is 2.68. The Morgan fingerprint density at radius 1 is 1.38 bits per heavy atom. The summed E-state index contributed by atoms with van der Waals surface area (Å²) in [7, 11) is 0. The first-order valence-corrected chi connectivity index (χ1v) is 6.11. The van der Waals surface area contributed by atoms with Crippen LogP contribution in [-0.2, 0) is 0 Å². The number of rotatable bonds is 3. The molecule has 106 valence electrons. The van der Waals surface area contributed by atoms with Gasteiger partial charge in [-0.15, -0.1) is 10.2 Å². The van der Waals surface area contributed by atoms with E-state index in [1.807, 2.05) is 0 Å². The molecule has 1 aliphatic heterocycles. The maximum absolute atomic E-state index is 11.3. The van der Waals surface area contributed by atoms with Crippen molar-refractivity contribution in [2.45, 2.75) is 6.04 Å². The molecule has 9 nitrogen and oxygen atoms in total. The average molecular weight is 307 g/mol. The Morgan fingerprint density at radius 3 is 2.76 bits per heavy atom. The van der Waals surface area contributed by atoms with Crippen molar-refractivity contribution in [2.75, 3.05) is 0 Å². The average Bonchev–Trinajstić information content (AvgIpc) is 3.10. The van der Waals surface area contributed by atoms with Crippen LogP contribution >= 0.6 is 11.6 Å². The highest BCUT2D eigenvalue weighted by Gasteiger charge is 2.42. The Labute approximate surface area is 122 Å². The summed E-state index contributed by atoms with van der Waals surface area (Å²) in [5.41, 5.74) is 3.05. The molecule has 1 unspecified atom stereocenters. The number of hydrogen-bond donors (Lipinski definition) is 1. The summed E-state index contributed by atoms with van der Waals surface area (Å²) in [6, 6.07) is 5.26. The van der Waals surface area contributed by atoms with Crippen LogP contribution < -0.4 is 5.43 Å². The Balaban J connectivity index is 1.94. The summed E-state index contributed by atoms with van der Waals surface area (Å²) in [5.74, 6) is 0.0426. The van der Waals surface area contributed by atoms with E-state index < -0.39 is 11.0 Å². The fourth-order valence-electron chi connectivity index (χ4n) is 1.76. The first-order chi connectivity index (χ1) is 10.1. The van der Waals surface area contributed by atoms with Gasteiger partial charge in [0.2, 0.25) is 17.9 Å². The molecule has 2 aromatic rings. The van der Waals surface area contributed by atoms with Gasteiger partial charge in [0.1, 0.15) is 0 Å². The van der Waals surface area contributed by atoms with Crippen LogP contribution in [0.15, 0.2) is 45.2 Å². The van der Waals surface area contributed by atoms with Crippen molar-refractivity contribution in [3.63, 3.8) is 0 Å². The number of aromatic nitrogens is 2. The van der Waals surface area contributed by atoms with E-state index in [0.717, 1.165) is 6.39 Å². The van der Waals surface area contributed by atoms with Crippen LogP contribution in [0.3, 0.4) is 0 Å². The number of nitrogens with one attached hydrogen (secondary N) is 1. The molecular formula is C11H7ClN6O3. The van der Waals surface area contributed by atoms with Gasteiger partial charge < -0.3 is 4.42 Å². The van der Waals surface area contributed by atoms with Gasteiger partial charge in [-0.1, -0.05) is 11.6 Å². The number of benzene rings is 1. The summed E-state index contributed by atoms with van der Waals surface area (Å²) >= 11 is 5.78. The zero-order valence-corrected chi connectivity index (χ0v) is 11.1. The van der Waals surface area contributed by atoms with Crippen LogP contribution in [0.1, 0.15) is 5.89 Å². The highest BCUT2D eigenvalue weighted by atomic mass is 35.5. The highest BCUT2D eigenvalue weighted by molar-refractivity contribution is 6.30. The molecule has 0 saturated heterocycles. The zero-order chi connectivity index (χ0) is 14.8. The van der Waals surface area contributed by atoms with E-state index in [9.17, 15) is 10.1 Å². The van der Waals surface area contributed by atoms with Crippen molar-refractivity contribution in [1.29, 1.82) is 0 Å². The van der Waals surface area contributed by atoms with Gasteiger partial charge in [0.15, 0.2) is 0 Å².